The van der Waals surface area contributed by atoms with Crippen molar-refractivity contribution in [2.24, 2.45) is 0 Å². The van der Waals surface area contributed by atoms with Gasteiger partial charge in [0.25, 0.3) is 0 Å². The van der Waals surface area contributed by atoms with E-state index in [9.17, 15) is 4.79 Å². The average molecular weight is 273 g/mol. The minimum atomic E-state index is -1.08. The standard InChI is InChI=1S/C12H12O5.ClH/c1-4-5-17-11-9(15-2)6-8(12(13)14)7-10(11)16-3;/h1,6-7H,5H2,2-3H3,(H,13,14);1H. The molecule has 0 aliphatic carbocycles. The number of carboxylic acid groups (broad SMARTS) is 1. The van der Waals surface area contributed by atoms with E-state index < -0.39 is 5.97 Å². The maximum atomic E-state index is 10.9. The molecule has 0 aliphatic rings. The van der Waals surface area contributed by atoms with Crippen LogP contribution in [-0.4, -0.2) is 31.9 Å². The summed E-state index contributed by atoms with van der Waals surface area (Å²) in [7, 11) is 2.81. The average Bonchev–Trinajstić information content (AvgIpc) is 2.34. The first-order valence-electron chi connectivity index (χ1n) is 4.69. The highest BCUT2D eigenvalue weighted by atomic mass is 35.5. The first-order valence-corrected chi connectivity index (χ1v) is 4.69. The van der Waals surface area contributed by atoms with Crippen molar-refractivity contribution in [3.8, 4) is 29.6 Å². The highest BCUT2D eigenvalue weighted by Crippen LogP contribution is 2.38. The maximum absolute atomic E-state index is 10.9. The molecule has 1 N–H and O–H groups in total. The normalized spacial score (nSPS) is 8.72. The van der Waals surface area contributed by atoms with Crippen LogP contribution < -0.4 is 14.2 Å². The number of benzene rings is 1. The van der Waals surface area contributed by atoms with E-state index in [0.717, 1.165) is 0 Å². The number of methoxy groups -OCH3 is 2. The van der Waals surface area contributed by atoms with Gasteiger partial charge in [0.2, 0.25) is 5.75 Å². The van der Waals surface area contributed by atoms with Crippen LogP contribution in [0.25, 0.3) is 0 Å². The van der Waals surface area contributed by atoms with E-state index in [0.29, 0.717) is 0 Å². The van der Waals surface area contributed by atoms with Crippen LogP contribution in [0.15, 0.2) is 12.1 Å². The van der Waals surface area contributed by atoms with Gasteiger partial charge in [-0.3, -0.25) is 0 Å². The molecule has 1 aromatic rings. The van der Waals surface area contributed by atoms with E-state index in [1.807, 2.05) is 0 Å². The van der Waals surface area contributed by atoms with E-state index >= 15 is 0 Å². The molecule has 0 unspecified atom stereocenters. The van der Waals surface area contributed by atoms with Gasteiger partial charge < -0.3 is 19.3 Å². The molecule has 98 valence electrons. The Hall–Kier alpha value is -2.06. The number of halogens is 1. The third-order valence-electron chi connectivity index (χ3n) is 2.01. The molecular weight excluding hydrogens is 260 g/mol. The molecule has 0 amide bonds. The van der Waals surface area contributed by atoms with E-state index in [-0.39, 0.29) is 41.8 Å². The lowest BCUT2D eigenvalue weighted by Crippen LogP contribution is -2.03. The summed E-state index contributed by atoms with van der Waals surface area (Å²) >= 11 is 0. The van der Waals surface area contributed by atoms with E-state index in [2.05, 4.69) is 5.92 Å². The topological polar surface area (TPSA) is 65.0 Å². The Morgan fingerprint density at radius 2 is 1.83 bits per heavy atom. The Morgan fingerprint density at radius 3 is 2.17 bits per heavy atom. The second kappa shape index (κ2) is 7.30. The van der Waals surface area contributed by atoms with Crippen molar-refractivity contribution in [2.45, 2.75) is 0 Å². The molecule has 0 atom stereocenters. The van der Waals surface area contributed by atoms with Crippen molar-refractivity contribution in [2.75, 3.05) is 20.8 Å². The fourth-order valence-corrected chi connectivity index (χ4v) is 1.26. The van der Waals surface area contributed by atoms with Crippen LogP contribution in [0.5, 0.6) is 17.2 Å². The zero-order valence-corrected chi connectivity index (χ0v) is 10.7. The SMILES string of the molecule is C#CCOc1c(OC)cc(C(=O)O)cc1OC.Cl. The zero-order chi connectivity index (χ0) is 12.8. The zero-order valence-electron chi connectivity index (χ0n) is 9.93. The summed E-state index contributed by atoms with van der Waals surface area (Å²) in [5.74, 6) is 2.04. The summed E-state index contributed by atoms with van der Waals surface area (Å²) in [5.41, 5.74) is 0.0479. The largest absolute Gasteiger partial charge is 0.493 e. The lowest BCUT2D eigenvalue weighted by atomic mass is 10.2. The van der Waals surface area contributed by atoms with Crippen LogP contribution in [0.3, 0.4) is 0 Å². The van der Waals surface area contributed by atoms with Gasteiger partial charge in [-0.1, -0.05) is 5.92 Å². The number of hydrogen-bond donors (Lipinski definition) is 1. The molecule has 0 radical (unpaired) electrons. The second-order valence-corrected chi connectivity index (χ2v) is 3.01. The van der Waals surface area contributed by atoms with Crippen molar-refractivity contribution in [3.63, 3.8) is 0 Å². The fraction of sp³-hybridized carbons (Fsp3) is 0.250. The Labute approximate surface area is 111 Å². The molecule has 6 heteroatoms. The van der Waals surface area contributed by atoms with Crippen LogP contribution in [0, 0.1) is 12.3 Å². The predicted molar refractivity (Wildman–Crippen MR) is 68.1 cm³/mol. The van der Waals surface area contributed by atoms with E-state index in [1.54, 1.807) is 0 Å². The number of carbonyl (C=O) groups is 1. The van der Waals surface area contributed by atoms with Crippen molar-refractivity contribution in [1.82, 2.24) is 0 Å². The van der Waals surface area contributed by atoms with Crippen molar-refractivity contribution < 1.29 is 24.1 Å². The van der Waals surface area contributed by atoms with E-state index in [4.69, 9.17) is 25.7 Å². The molecule has 1 rings (SSSR count). The summed E-state index contributed by atoms with van der Waals surface area (Å²) in [6, 6.07) is 2.69. The van der Waals surface area contributed by atoms with E-state index in [1.165, 1.54) is 26.4 Å². The van der Waals surface area contributed by atoms with Gasteiger partial charge in [-0.25, -0.2) is 4.79 Å². The third-order valence-corrected chi connectivity index (χ3v) is 2.01. The number of carboxylic acids is 1. The maximum Gasteiger partial charge on any atom is 0.335 e. The Balaban J connectivity index is 0.00000289. The van der Waals surface area contributed by atoms with Crippen molar-refractivity contribution >= 4 is 18.4 Å². The minimum Gasteiger partial charge on any atom is -0.493 e. The minimum absolute atomic E-state index is 0. The number of hydrogen-bond acceptors (Lipinski definition) is 4. The van der Waals surface area contributed by atoms with Crippen LogP contribution >= 0.6 is 12.4 Å². The molecule has 0 fully saturated rings. The molecule has 0 saturated heterocycles. The van der Waals surface area contributed by atoms with Crippen molar-refractivity contribution in [1.29, 1.82) is 0 Å². The molecule has 5 nitrogen and oxygen atoms in total. The number of terminal acetylenes is 1. The van der Waals surface area contributed by atoms with Gasteiger partial charge in [-0.2, -0.15) is 0 Å². The highest BCUT2D eigenvalue weighted by Gasteiger charge is 2.16. The van der Waals surface area contributed by atoms with Crippen LogP contribution in [0.2, 0.25) is 0 Å². The van der Waals surface area contributed by atoms with Crippen LogP contribution in [-0.2, 0) is 0 Å². The number of aromatic carboxylic acids is 1. The summed E-state index contributed by atoms with van der Waals surface area (Å²) in [5, 5.41) is 8.91. The van der Waals surface area contributed by atoms with Gasteiger partial charge in [0.05, 0.1) is 19.8 Å². The Morgan fingerprint density at radius 1 is 1.33 bits per heavy atom. The monoisotopic (exact) mass is 272 g/mol. The molecule has 0 aromatic heterocycles. The first-order chi connectivity index (χ1) is 8.13. The molecule has 0 bridgehead atoms. The lowest BCUT2D eigenvalue weighted by molar-refractivity contribution is 0.0696. The summed E-state index contributed by atoms with van der Waals surface area (Å²) in [6.45, 7) is 0.0408. The third kappa shape index (κ3) is 3.47. The van der Waals surface area contributed by atoms with Gasteiger partial charge >= 0.3 is 5.97 Å². The molecule has 0 saturated carbocycles. The number of rotatable bonds is 5. The van der Waals surface area contributed by atoms with Gasteiger partial charge in [0, 0.05) is 0 Å². The summed E-state index contributed by atoms with van der Waals surface area (Å²) < 4.78 is 15.3. The van der Waals surface area contributed by atoms with Gasteiger partial charge in [0.15, 0.2) is 11.5 Å². The Kier molecular flexibility index (Phi) is 6.47. The van der Waals surface area contributed by atoms with Gasteiger partial charge in [-0.15, -0.1) is 18.8 Å². The van der Waals surface area contributed by atoms with Crippen molar-refractivity contribution in [3.05, 3.63) is 17.7 Å². The molecule has 18 heavy (non-hydrogen) atoms. The Bertz CT molecular complexity index is 439. The van der Waals surface area contributed by atoms with Gasteiger partial charge in [-0.05, 0) is 12.1 Å². The molecule has 0 aliphatic heterocycles. The summed E-state index contributed by atoms with van der Waals surface area (Å²) in [6.07, 6.45) is 5.09. The molecule has 1 aromatic carbocycles. The van der Waals surface area contributed by atoms with Crippen LogP contribution in [0.4, 0.5) is 0 Å². The smallest absolute Gasteiger partial charge is 0.335 e. The predicted octanol–water partition coefficient (Wildman–Crippen LogP) is 1.84. The summed E-state index contributed by atoms with van der Waals surface area (Å²) in [4.78, 5) is 10.9. The van der Waals surface area contributed by atoms with Crippen LogP contribution in [0.1, 0.15) is 10.4 Å². The first kappa shape index (κ1) is 15.9. The highest BCUT2D eigenvalue weighted by molar-refractivity contribution is 5.89. The molecule has 0 spiro atoms. The molecule has 0 heterocycles. The lowest BCUT2D eigenvalue weighted by Gasteiger charge is -2.13. The van der Waals surface area contributed by atoms with Gasteiger partial charge in [0.1, 0.15) is 6.61 Å². The number of ether oxygens (including phenoxy) is 3. The second-order valence-electron chi connectivity index (χ2n) is 3.01. The quantitative estimate of drug-likeness (QED) is 0.829. The molecular formula is C12H13ClO5. The fourth-order valence-electron chi connectivity index (χ4n) is 1.26.